The topological polar surface area (TPSA) is 21.3 Å². The Kier molecular flexibility index (Phi) is 5.71. The van der Waals surface area contributed by atoms with Crippen LogP contribution in [0.1, 0.15) is 45.1 Å². The van der Waals surface area contributed by atoms with E-state index < -0.39 is 11.6 Å². The minimum Gasteiger partial charge on any atom is -0.374 e. The summed E-state index contributed by atoms with van der Waals surface area (Å²) in [6.45, 7) is 5.54. The van der Waals surface area contributed by atoms with Crippen LogP contribution in [0.15, 0.2) is 18.2 Å². The standard InChI is InChI=1S/C17H25F2NO/c1-3-20-16(17(21-4-2)7-5-6-8-17)11-13-9-14(18)12-15(19)10-13/h9-10,12,16,20H,3-8,11H2,1-2H3. The summed E-state index contributed by atoms with van der Waals surface area (Å²) in [5.74, 6) is -1.03. The molecule has 1 aliphatic rings. The highest BCUT2D eigenvalue weighted by molar-refractivity contribution is 5.20. The van der Waals surface area contributed by atoms with E-state index in [1.165, 1.54) is 12.1 Å². The molecule has 0 bridgehead atoms. The molecule has 0 saturated heterocycles. The third-order valence-electron chi connectivity index (χ3n) is 4.33. The molecule has 1 atom stereocenters. The number of likely N-dealkylation sites (N-methyl/N-ethyl adjacent to an activating group) is 1. The lowest BCUT2D eigenvalue weighted by atomic mass is 9.87. The highest BCUT2D eigenvalue weighted by atomic mass is 19.1. The average molecular weight is 297 g/mol. The van der Waals surface area contributed by atoms with Gasteiger partial charge in [0.15, 0.2) is 0 Å². The fourth-order valence-electron chi connectivity index (χ4n) is 3.51. The van der Waals surface area contributed by atoms with Gasteiger partial charge in [-0.3, -0.25) is 0 Å². The molecule has 0 radical (unpaired) electrons. The van der Waals surface area contributed by atoms with Gasteiger partial charge in [-0.15, -0.1) is 0 Å². The van der Waals surface area contributed by atoms with Gasteiger partial charge in [0.1, 0.15) is 11.6 Å². The fraction of sp³-hybridized carbons (Fsp3) is 0.647. The minimum absolute atomic E-state index is 0.0890. The van der Waals surface area contributed by atoms with Gasteiger partial charge in [0, 0.05) is 18.7 Å². The third kappa shape index (κ3) is 4.01. The highest BCUT2D eigenvalue weighted by Gasteiger charge is 2.41. The van der Waals surface area contributed by atoms with Gasteiger partial charge in [0.05, 0.1) is 5.60 Å². The Morgan fingerprint density at radius 2 is 1.76 bits per heavy atom. The van der Waals surface area contributed by atoms with Crippen molar-refractivity contribution < 1.29 is 13.5 Å². The van der Waals surface area contributed by atoms with Gasteiger partial charge < -0.3 is 10.1 Å². The molecule has 2 nitrogen and oxygen atoms in total. The van der Waals surface area contributed by atoms with Crippen LogP contribution in [0.3, 0.4) is 0 Å². The van der Waals surface area contributed by atoms with Crippen molar-refractivity contribution in [1.29, 1.82) is 0 Å². The third-order valence-corrected chi connectivity index (χ3v) is 4.33. The second-order valence-corrected chi connectivity index (χ2v) is 5.80. The number of ether oxygens (including phenoxy) is 1. The summed E-state index contributed by atoms with van der Waals surface area (Å²) in [6, 6.07) is 3.84. The molecule has 21 heavy (non-hydrogen) atoms. The molecule has 1 saturated carbocycles. The van der Waals surface area contributed by atoms with E-state index in [0.29, 0.717) is 18.6 Å². The van der Waals surface area contributed by atoms with Gasteiger partial charge in [-0.05, 0) is 50.4 Å². The van der Waals surface area contributed by atoms with Gasteiger partial charge in [-0.1, -0.05) is 19.8 Å². The highest BCUT2D eigenvalue weighted by Crippen LogP contribution is 2.37. The summed E-state index contributed by atoms with van der Waals surface area (Å²) in [4.78, 5) is 0. The molecule has 1 aromatic rings. The summed E-state index contributed by atoms with van der Waals surface area (Å²) >= 11 is 0. The number of rotatable bonds is 7. The quantitative estimate of drug-likeness (QED) is 0.826. The Labute approximate surface area is 125 Å². The summed E-state index contributed by atoms with van der Waals surface area (Å²) in [7, 11) is 0. The smallest absolute Gasteiger partial charge is 0.126 e. The molecule has 1 fully saturated rings. The van der Waals surface area contributed by atoms with Crippen molar-refractivity contribution in [3.63, 3.8) is 0 Å². The first-order chi connectivity index (χ1) is 10.1. The lowest BCUT2D eigenvalue weighted by molar-refractivity contribution is -0.0609. The van der Waals surface area contributed by atoms with Crippen LogP contribution in [0.2, 0.25) is 0 Å². The average Bonchev–Trinajstić information content (AvgIpc) is 2.87. The first kappa shape index (κ1) is 16.4. The molecular weight excluding hydrogens is 272 g/mol. The fourth-order valence-corrected chi connectivity index (χ4v) is 3.51. The minimum atomic E-state index is -0.517. The van der Waals surface area contributed by atoms with Gasteiger partial charge in [-0.25, -0.2) is 8.78 Å². The zero-order valence-electron chi connectivity index (χ0n) is 12.9. The molecule has 1 N–H and O–H groups in total. The van der Waals surface area contributed by atoms with Crippen molar-refractivity contribution in [2.45, 2.75) is 57.6 Å². The number of hydrogen-bond acceptors (Lipinski definition) is 2. The van der Waals surface area contributed by atoms with Crippen LogP contribution in [-0.2, 0) is 11.2 Å². The van der Waals surface area contributed by atoms with Gasteiger partial charge in [0.25, 0.3) is 0 Å². The maximum absolute atomic E-state index is 13.4. The van der Waals surface area contributed by atoms with Crippen LogP contribution in [0, 0.1) is 11.6 Å². The molecule has 0 spiro atoms. The Morgan fingerprint density at radius 3 is 2.29 bits per heavy atom. The van der Waals surface area contributed by atoms with E-state index >= 15 is 0 Å². The zero-order chi connectivity index (χ0) is 15.3. The molecule has 0 heterocycles. The van der Waals surface area contributed by atoms with Crippen molar-refractivity contribution in [2.24, 2.45) is 0 Å². The number of nitrogens with one attached hydrogen (secondary N) is 1. The van der Waals surface area contributed by atoms with Crippen LogP contribution in [0.5, 0.6) is 0 Å². The second-order valence-electron chi connectivity index (χ2n) is 5.80. The molecule has 0 amide bonds. The van der Waals surface area contributed by atoms with E-state index in [9.17, 15) is 8.78 Å². The molecular formula is C17H25F2NO. The van der Waals surface area contributed by atoms with Crippen LogP contribution < -0.4 is 5.32 Å². The van der Waals surface area contributed by atoms with E-state index in [4.69, 9.17) is 4.74 Å². The lowest BCUT2D eigenvalue weighted by Gasteiger charge is -2.38. The Bertz CT molecular complexity index is 438. The first-order valence-electron chi connectivity index (χ1n) is 7.92. The molecule has 0 aliphatic heterocycles. The van der Waals surface area contributed by atoms with E-state index in [1.807, 2.05) is 13.8 Å². The molecule has 2 rings (SSSR count). The summed E-state index contributed by atoms with van der Waals surface area (Å²) < 4.78 is 32.9. The normalized spacial score (nSPS) is 18.9. The lowest BCUT2D eigenvalue weighted by Crippen LogP contribution is -2.52. The molecule has 1 aromatic carbocycles. The molecule has 1 aliphatic carbocycles. The van der Waals surface area contributed by atoms with Crippen molar-refractivity contribution in [3.8, 4) is 0 Å². The molecule has 4 heteroatoms. The Balaban J connectivity index is 2.21. The van der Waals surface area contributed by atoms with Crippen LogP contribution in [0.4, 0.5) is 8.78 Å². The molecule has 0 aromatic heterocycles. The number of halogens is 2. The monoisotopic (exact) mass is 297 g/mol. The number of hydrogen-bond donors (Lipinski definition) is 1. The summed E-state index contributed by atoms with van der Waals surface area (Å²) in [5.41, 5.74) is 0.484. The predicted octanol–water partition coefficient (Wildman–Crippen LogP) is 3.83. The van der Waals surface area contributed by atoms with Gasteiger partial charge in [0.2, 0.25) is 0 Å². The summed E-state index contributed by atoms with van der Waals surface area (Å²) in [5, 5.41) is 3.47. The van der Waals surface area contributed by atoms with Gasteiger partial charge in [-0.2, -0.15) is 0 Å². The van der Waals surface area contributed by atoms with Gasteiger partial charge >= 0.3 is 0 Å². The number of benzene rings is 1. The van der Waals surface area contributed by atoms with Crippen molar-refractivity contribution in [3.05, 3.63) is 35.4 Å². The van der Waals surface area contributed by atoms with E-state index in [0.717, 1.165) is 38.3 Å². The molecule has 118 valence electrons. The summed E-state index contributed by atoms with van der Waals surface area (Å²) in [6.07, 6.45) is 4.91. The Hall–Kier alpha value is -1.00. The zero-order valence-corrected chi connectivity index (χ0v) is 12.9. The SMILES string of the molecule is CCNC(Cc1cc(F)cc(F)c1)C1(OCC)CCCC1. The van der Waals surface area contributed by atoms with Crippen LogP contribution >= 0.6 is 0 Å². The van der Waals surface area contributed by atoms with E-state index in [2.05, 4.69) is 5.32 Å². The maximum atomic E-state index is 13.4. The maximum Gasteiger partial charge on any atom is 0.126 e. The van der Waals surface area contributed by atoms with E-state index in [-0.39, 0.29) is 11.6 Å². The van der Waals surface area contributed by atoms with Crippen molar-refractivity contribution in [1.82, 2.24) is 5.32 Å². The van der Waals surface area contributed by atoms with E-state index in [1.54, 1.807) is 0 Å². The molecule has 1 unspecified atom stereocenters. The van der Waals surface area contributed by atoms with Crippen LogP contribution in [0.25, 0.3) is 0 Å². The first-order valence-corrected chi connectivity index (χ1v) is 7.92. The predicted molar refractivity (Wildman–Crippen MR) is 80.4 cm³/mol. The largest absolute Gasteiger partial charge is 0.374 e. The van der Waals surface area contributed by atoms with Crippen molar-refractivity contribution >= 4 is 0 Å². The van der Waals surface area contributed by atoms with Crippen molar-refractivity contribution in [2.75, 3.05) is 13.2 Å². The Morgan fingerprint density at radius 1 is 1.14 bits per heavy atom. The van der Waals surface area contributed by atoms with Crippen LogP contribution in [-0.4, -0.2) is 24.8 Å². The second kappa shape index (κ2) is 7.32.